The molecular formula is C64H46N2. The molecule has 0 saturated carbocycles. The maximum atomic E-state index is 2.53. The van der Waals surface area contributed by atoms with Crippen LogP contribution in [-0.2, 0) is 10.8 Å². The first-order chi connectivity index (χ1) is 32.5. The fourth-order valence-electron chi connectivity index (χ4n) is 11.7. The van der Waals surface area contributed by atoms with Crippen LogP contribution in [0.3, 0.4) is 0 Å². The molecule has 2 heteroatoms. The van der Waals surface area contributed by atoms with Gasteiger partial charge in [-0.05, 0) is 110 Å². The van der Waals surface area contributed by atoms with Gasteiger partial charge in [0, 0.05) is 33.1 Å². The van der Waals surface area contributed by atoms with E-state index < -0.39 is 5.41 Å². The zero-order chi connectivity index (χ0) is 44.0. The van der Waals surface area contributed by atoms with Crippen LogP contribution in [0.25, 0.3) is 60.9 Å². The molecule has 11 aromatic rings. The normalized spacial score (nSPS) is 15.3. The first-order valence-corrected chi connectivity index (χ1v) is 23.1. The molecule has 13 rings (SSSR count). The largest absolute Gasteiger partial charge is 0.310 e. The number of para-hydroxylation sites is 3. The van der Waals surface area contributed by atoms with Crippen LogP contribution in [0, 0.1) is 0 Å². The Morgan fingerprint density at radius 3 is 1.62 bits per heavy atom. The van der Waals surface area contributed by atoms with E-state index in [4.69, 9.17) is 0 Å². The van der Waals surface area contributed by atoms with Crippen LogP contribution in [0.4, 0.5) is 17.1 Å². The number of aromatic nitrogens is 1. The molecule has 2 heterocycles. The third-order valence-electron chi connectivity index (χ3n) is 14.7. The van der Waals surface area contributed by atoms with Gasteiger partial charge in [0.05, 0.1) is 27.8 Å². The van der Waals surface area contributed by atoms with Crippen molar-refractivity contribution in [3.05, 3.63) is 276 Å². The van der Waals surface area contributed by atoms with Crippen LogP contribution < -0.4 is 4.90 Å². The number of benzene rings is 10. The quantitative estimate of drug-likeness (QED) is 0.162. The summed E-state index contributed by atoms with van der Waals surface area (Å²) in [5.74, 6) is 0. The molecule has 0 fully saturated rings. The molecule has 0 N–H and O–H groups in total. The van der Waals surface area contributed by atoms with E-state index in [9.17, 15) is 0 Å². The van der Waals surface area contributed by atoms with Crippen molar-refractivity contribution >= 4 is 38.9 Å². The second-order valence-corrected chi connectivity index (χ2v) is 18.4. The standard InChI is InChI=1S/C64H46N2/c1-63(2)53-27-13-14-28-54(53)64(56-29-15-17-32-61(56)66-59-31-16-12-25-50(59)51-26-18-30-57(64)62(51)66)55-39-38-49(42-58(55)63)65(48-36-33-45(34-37-48)43-19-6-3-7-20-43)60-40-35-47(44-21-8-4-9-22-44)41-52(60)46-23-10-5-11-24-46/h3-42H,1-2H3. The van der Waals surface area contributed by atoms with Gasteiger partial charge in [0.2, 0.25) is 0 Å². The van der Waals surface area contributed by atoms with Crippen molar-refractivity contribution in [3.8, 4) is 39.1 Å². The lowest BCUT2D eigenvalue weighted by Crippen LogP contribution is -2.44. The van der Waals surface area contributed by atoms with Gasteiger partial charge >= 0.3 is 0 Å². The minimum absolute atomic E-state index is 0.331. The molecule has 1 spiro atoms. The number of hydrogen-bond donors (Lipinski definition) is 0. The van der Waals surface area contributed by atoms with Crippen molar-refractivity contribution < 1.29 is 0 Å². The van der Waals surface area contributed by atoms with Gasteiger partial charge in [0.1, 0.15) is 0 Å². The Hall–Kier alpha value is -8.20. The topological polar surface area (TPSA) is 8.17 Å². The van der Waals surface area contributed by atoms with Gasteiger partial charge in [0.25, 0.3) is 0 Å². The molecule has 1 unspecified atom stereocenters. The third kappa shape index (κ3) is 5.48. The number of nitrogens with zero attached hydrogens (tertiary/aromatic N) is 2. The molecule has 312 valence electrons. The van der Waals surface area contributed by atoms with Crippen molar-refractivity contribution in [1.82, 2.24) is 4.57 Å². The first kappa shape index (κ1) is 38.3. The van der Waals surface area contributed by atoms with Gasteiger partial charge < -0.3 is 9.47 Å². The van der Waals surface area contributed by atoms with E-state index in [-0.39, 0.29) is 5.41 Å². The summed E-state index contributed by atoms with van der Waals surface area (Å²) in [6, 6.07) is 90.1. The van der Waals surface area contributed by atoms with Gasteiger partial charge in [-0.15, -0.1) is 0 Å². The molecule has 1 atom stereocenters. The average molecular weight is 843 g/mol. The van der Waals surface area contributed by atoms with Crippen molar-refractivity contribution in [3.63, 3.8) is 0 Å². The van der Waals surface area contributed by atoms with E-state index in [1.54, 1.807) is 0 Å². The molecule has 0 amide bonds. The highest BCUT2D eigenvalue weighted by Gasteiger charge is 2.52. The Labute approximate surface area is 386 Å². The molecule has 2 aliphatic rings. The van der Waals surface area contributed by atoms with Crippen molar-refractivity contribution in [2.75, 3.05) is 4.90 Å². The minimum atomic E-state index is -0.574. The Balaban J connectivity index is 1.10. The molecule has 2 nitrogen and oxygen atoms in total. The smallest absolute Gasteiger partial charge is 0.0748 e. The zero-order valence-electron chi connectivity index (χ0n) is 37.0. The number of fused-ring (bicyclic) bond motifs is 11. The summed E-state index contributed by atoms with van der Waals surface area (Å²) in [6.45, 7) is 4.85. The lowest BCUT2D eigenvalue weighted by atomic mass is 9.53. The molecular weight excluding hydrogens is 797 g/mol. The molecule has 1 aliphatic heterocycles. The van der Waals surface area contributed by atoms with Crippen LogP contribution in [0.5, 0.6) is 0 Å². The summed E-state index contributed by atoms with van der Waals surface area (Å²) in [6.07, 6.45) is 0. The lowest BCUT2D eigenvalue weighted by Gasteiger charge is -2.50. The summed E-state index contributed by atoms with van der Waals surface area (Å²) < 4.78 is 2.53. The molecule has 1 aromatic heterocycles. The molecule has 1 aliphatic carbocycles. The fourth-order valence-corrected chi connectivity index (χ4v) is 11.7. The molecule has 0 radical (unpaired) electrons. The van der Waals surface area contributed by atoms with Crippen LogP contribution in [-0.4, -0.2) is 4.57 Å². The Morgan fingerprint density at radius 1 is 0.348 bits per heavy atom. The van der Waals surface area contributed by atoms with Crippen LogP contribution >= 0.6 is 0 Å². The summed E-state index contributed by atoms with van der Waals surface area (Å²) in [7, 11) is 0. The maximum Gasteiger partial charge on any atom is 0.0748 e. The predicted octanol–water partition coefficient (Wildman–Crippen LogP) is 16.6. The van der Waals surface area contributed by atoms with Crippen molar-refractivity contribution in [2.24, 2.45) is 0 Å². The van der Waals surface area contributed by atoms with Gasteiger partial charge in [0.15, 0.2) is 0 Å². The lowest BCUT2D eigenvalue weighted by molar-refractivity contribution is 0.556. The van der Waals surface area contributed by atoms with E-state index in [1.807, 2.05) is 0 Å². The molecule has 0 saturated heterocycles. The van der Waals surface area contributed by atoms with Crippen molar-refractivity contribution in [2.45, 2.75) is 24.7 Å². The molecule has 0 bridgehead atoms. The van der Waals surface area contributed by atoms with E-state index >= 15 is 0 Å². The van der Waals surface area contributed by atoms with Gasteiger partial charge in [-0.3, -0.25) is 0 Å². The summed E-state index contributed by atoms with van der Waals surface area (Å²) in [5, 5.41) is 2.57. The summed E-state index contributed by atoms with van der Waals surface area (Å²) in [5.41, 5.74) is 21.3. The van der Waals surface area contributed by atoms with Gasteiger partial charge in [-0.1, -0.05) is 208 Å². The third-order valence-corrected chi connectivity index (χ3v) is 14.7. The van der Waals surface area contributed by atoms with Crippen LogP contribution in [0.2, 0.25) is 0 Å². The SMILES string of the molecule is CC1(C)c2ccccc2C2(c3ccccc3-n3c4ccccc4c4cccc2c43)c2ccc(N(c3ccc(-c4ccccc4)cc3)c3ccc(-c4ccccc4)cc3-c3ccccc3)cc21. The van der Waals surface area contributed by atoms with Crippen LogP contribution in [0.15, 0.2) is 243 Å². The highest BCUT2D eigenvalue weighted by Crippen LogP contribution is 2.61. The number of hydrogen-bond acceptors (Lipinski definition) is 1. The average Bonchev–Trinajstić information content (AvgIpc) is 3.73. The van der Waals surface area contributed by atoms with E-state index in [0.29, 0.717) is 0 Å². The Bertz CT molecular complexity index is 3660. The first-order valence-electron chi connectivity index (χ1n) is 23.1. The van der Waals surface area contributed by atoms with E-state index in [1.165, 1.54) is 94.3 Å². The maximum absolute atomic E-state index is 2.53. The van der Waals surface area contributed by atoms with E-state index in [2.05, 4.69) is 266 Å². The minimum Gasteiger partial charge on any atom is -0.310 e. The monoisotopic (exact) mass is 842 g/mol. The highest BCUT2D eigenvalue weighted by atomic mass is 15.1. The predicted molar refractivity (Wildman–Crippen MR) is 276 cm³/mol. The second-order valence-electron chi connectivity index (χ2n) is 18.4. The second kappa shape index (κ2) is 14.7. The summed E-state index contributed by atoms with van der Waals surface area (Å²) in [4.78, 5) is 2.49. The Kier molecular flexibility index (Phi) is 8.51. The van der Waals surface area contributed by atoms with Gasteiger partial charge in [-0.2, -0.15) is 0 Å². The fraction of sp³-hybridized carbons (Fsp3) is 0.0625. The molecule has 66 heavy (non-hydrogen) atoms. The molecule has 10 aromatic carbocycles. The Morgan fingerprint density at radius 2 is 0.879 bits per heavy atom. The van der Waals surface area contributed by atoms with E-state index in [0.717, 1.165) is 17.1 Å². The zero-order valence-corrected chi connectivity index (χ0v) is 37.0. The summed E-state index contributed by atoms with van der Waals surface area (Å²) >= 11 is 0. The van der Waals surface area contributed by atoms with Gasteiger partial charge in [-0.25, -0.2) is 0 Å². The van der Waals surface area contributed by atoms with Crippen LogP contribution in [0.1, 0.15) is 47.2 Å². The highest BCUT2D eigenvalue weighted by molar-refractivity contribution is 6.12. The van der Waals surface area contributed by atoms with Crippen molar-refractivity contribution in [1.29, 1.82) is 0 Å². The number of anilines is 3. The number of rotatable bonds is 6.